The highest BCUT2D eigenvalue weighted by atomic mass is 16.5. The number of benzene rings is 3. The van der Waals surface area contributed by atoms with Gasteiger partial charge in [0.1, 0.15) is 5.75 Å². The number of amides is 1. The molecule has 4 rings (SSSR count). The molecule has 3 aromatic carbocycles. The SMILES string of the molecule is COc1ccc(C2C(CC=Cc3ccccc3)=C(O)C(=O)N2c2ccccc2)cc1. The van der Waals surface area contributed by atoms with Gasteiger partial charge in [-0.25, -0.2) is 0 Å². The lowest BCUT2D eigenvalue weighted by atomic mass is 9.96. The molecule has 0 fully saturated rings. The maximum atomic E-state index is 13.0. The van der Waals surface area contributed by atoms with Gasteiger partial charge in [-0.2, -0.15) is 0 Å². The Labute approximate surface area is 176 Å². The molecule has 4 heteroatoms. The van der Waals surface area contributed by atoms with Crippen LogP contribution in [0, 0.1) is 0 Å². The largest absolute Gasteiger partial charge is 0.503 e. The third-order valence-electron chi connectivity index (χ3n) is 5.23. The number of carbonyl (C=O) groups excluding carboxylic acids is 1. The summed E-state index contributed by atoms with van der Waals surface area (Å²) in [6.07, 6.45) is 4.45. The lowest BCUT2D eigenvalue weighted by Gasteiger charge is -2.27. The molecule has 4 nitrogen and oxygen atoms in total. The highest BCUT2D eigenvalue weighted by molar-refractivity contribution is 6.08. The van der Waals surface area contributed by atoms with Crippen LogP contribution in [0.3, 0.4) is 0 Å². The number of methoxy groups -OCH3 is 1. The molecule has 1 aliphatic rings. The fourth-order valence-corrected chi connectivity index (χ4v) is 3.74. The third-order valence-corrected chi connectivity index (χ3v) is 5.23. The Hall–Kier alpha value is -3.79. The number of carbonyl (C=O) groups is 1. The van der Waals surface area contributed by atoms with E-state index in [1.807, 2.05) is 97.1 Å². The van der Waals surface area contributed by atoms with Gasteiger partial charge in [0.05, 0.1) is 13.2 Å². The Kier molecular flexibility index (Phi) is 5.66. The predicted molar refractivity (Wildman–Crippen MR) is 119 cm³/mol. The highest BCUT2D eigenvalue weighted by Crippen LogP contribution is 2.42. The first kappa shape index (κ1) is 19.5. The van der Waals surface area contributed by atoms with Crippen LogP contribution in [0.5, 0.6) is 5.75 Å². The second-order valence-electron chi connectivity index (χ2n) is 7.08. The molecule has 1 heterocycles. The van der Waals surface area contributed by atoms with Gasteiger partial charge in [-0.15, -0.1) is 0 Å². The summed E-state index contributed by atoms with van der Waals surface area (Å²) in [7, 11) is 1.62. The minimum atomic E-state index is -0.384. The molecule has 0 aromatic heterocycles. The number of hydrogen-bond acceptors (Lipinski definition) is 3. The number of aliphatic hydroxyl groups excluding tert-OH is 1. The van der Waals surface area contributed by atoms with Gasteiger partial charge in [-0.1, -0.05) is 72.8 Å². The highest BCUT2D eigenvalue weighted by Gasteiger charge is 2.40. The zero-order valence-electron chi connectivity index (χ0n) is 16.7. The van der Waals surface area contributed by atoms with Crippen LogP contribution in [-0.2, 0) is 4.79 Å². The van der Waals surface area contributed by atoms with E-state index >= 15 is 0 Å². The minimum Gasteiger partial charge on any atom is -0.503 e. The van der Waals surface area contributed by atoms with Gasteiger partial charge in [0.25, 0.3) is 5.91 Å². The van der Waals surface area contributed by atoms with E-state index < -0.39 is 0 Å². The van der Waals surface area contributed by atoms with Crippen molar-refractivity contribution in [2.45, 2.75) is 12.5 Å². The molecule has 0 radical (unpaired) electrons. The van der Waals surface area contributed by atoms with E-state index in [2.05, 4.69) is 0 Å². The molecule has 0 spiro atoms. The topological polar surface area (TPSA) is 49.8 Å². The molecule has 150 valence electrons. The summed E-state index contributed by atoms with van der Waals surface area (Å²) >= 11 is 0. The van der Waals surface area contributed by atoms with E-state index in [0.717, 1.165) is 22.6 Å². The molecule has 1 atom stereocenters. The van der Waals surface area contributed by atoms with E-state index in [1.165, 1.54) is 0 Å². The van der Waals surface area contributed by atoms with E-state index in [4.69, 9.17) is 4.74 Å². The quantitative estimate of drug-likeness (QED) is 0.581. The van der Waals surface area contributed by atoms with Crippen LogP contribution in [0.15, 0.2) is 102 Å². The Morgan fingerprint density at radius 2 is 1.57 bits per heavy atom. The van der Waals surface area contributed by atoms with Crippen molar-refractivity contribution in [2.75, 3.05) is 12.0 Å². The number of anilines is 1. The minimum absolute atomic E-state index is 0.183. The summed E-state index contributed by atoms with van der Waals surface area (Å²) in [5.41, 5.74) is 3.42. The second kappa shape index (κ2) is 8.70. The Bertz CT molecular complexity index is 1070. The monoisotopic (exact) mass is 397 g/mol. The van der Waals surface area contributed by atoms with Crippen LogP contribution >= 0.6 is 0 Å². The summed E-state index contributed by atoms with van der Waals surface area (Å²) in [5, 5.41) is 10.7. The van der Waals surface area contributed by atoms with Crippen LogP contribution in [0.2, 0.25) is 0 Å². The first-order valence-corrected chi connectivity index (χ1v) is 9.85. The molecule has 0 bridgehead atoms. The number of allylic oxidation sites excluding steroid dienone is 1. The maximum Gasteiger partial charge on any atom is 0.293 e. The molecular weight excluding hydrogens is 374 g/mol. The Morgan fingerprint density at radius 3 is 2.20 bits per heavy atom. The summed E-state index contributed by atoms with van der Waals surface area (Å²) in [6.45, 7) is 0. The third kappa shape index (κ3) is 3.85. The number of ether oxygens (including phenoxy) is 1. The lowest BCUT2D eigenvalue weighted by Crippen LogP contribution is -2.30. The smallest absolute Gasteiger partial charge is 0.293 e. The molecular formula is C26H23NO3. The van der Waals surface area contributed by atoms with Gasteiger partial charge in [0, 0.05) is 11.3 Å². The van der Waals surface area contributed by atoms with Crippen LogP contribution in [0.25, 0.3) is 6.08 Å². The first-order valence-electron chi connectivity index (χ1n) is 9.85. The molecule has 3 aromatic rings. The van der Waals surface area contributed by atoms with Crippen molar-refractivity contribution in [3.05, 3.63) is 113 Å². The molecule has 1 N–H and O–H groups in total. The molecule has 1 unspecified atom stereocenters. The summed E-state index contributed by atoms with van der Waals surface area (Å²) < 4.78 is 5.27. The molecule has 0 saturated carbocycles. The van der Waals surface area contributed by atoms with E-state index in [9.17, 15) is 9.90 Å². The fourth-order valence-electron chi connectivity index (χ4n) is 3.74. The fraction of sp³-hybridized carbons (Fsp3) is 0.115. The average molecular weight is 397 g/mol. The van der Waals surface area contributed by atoms with E-state index in [0.29, 0.717) is 12.0 Å². The molecule has 0 aliphatic carbocycles. The molecule has 0 saturated heterocycles. The Morgan fingerprint density at radius 1 is 0.933 bits per heavy atom. The number of aliphatic hydroxyl groups is 1. The Balaban J connectivity index is 1.71. The zero-order chi connectivity index (χ0) is 20.9. The van der Waals surface area contributed by atoms with Crippen molar-refractivity contribution < 1.29 is 14.6 Å². The van der Waals surface area contributed by atoms with Crippen molar-refractivity contribution in [2.24, 2.45) is 0 Å². The van der Waals surface area contributed by atoms with Gasteiger partial charge in [0.2, 0.25) is 0 Å². The normalized spacial score (nSPS) is 16.5. The maximum absolute atomic E-state index is 13.0. The summed E-state index contributed by atoms with van der Waals surface area (Å²) in [5.74, 6) is 0.176. The zero-order valence-corrected chi connectivity index (χ0v) is 16.7. The average Bonchev–Trinajstić information content (AvgIpc) is 3.05. The molecule has 30 heavy (non-hydrogen) atoms. The predicted octanol–water partition coefficient (Wildman–Crippen LogP) is 5.70. The lowest BCUT2D eigenvalue weighted by molar-refractivity contribution is -0.117. The molecule has 1 amide bonds. The van der Waals surface area contributed by atoms with Gasteiger partial charge in [-0.3, -0.25) is 9.69 Å². The van der Waals surface area contributed by atoms with Crippen LogP contribution < -0.4 is 9.64 Å². The second-order valence-corrected chi connectivity index (χ2v) is 7.08. The molecule has 1 aliphatic heterocycles. The van der Waals surface area contributed by atoms with Crippen molar-refractivity contribution in [1.29, 1.82) is 0 Å². The van der Waals surface area contributed by atoms with Crippen molar-refractivity contribution >= 4 is 17.7 Å². The van der Waals surface area contributed by atoms with Gasteiger partial charge in [0.15, 0.2) is 5.76 Å². The van der Waals surface area contributed by atoms with Gasteiger partial charge < -0.3 is 9.84 Å². The summed E-state index contributed by atoms with van der Waals surface area (Å²) in [4.78, 5) is 14.7. The van der Waals surface area contributed by atoms with Crippen LogP contribution in [-0.4, -0.2) is 18.1 Å². The number of para-hydroxylation sites is 1. The number of nitrogens with zero attached hydrogens (tertiary/aromatic N) is 1. The van der Waals surface area contributed by atoms with Crippen molar-refractivity contribution in [3.8, 4) is 5.75 Å². The summed E-state index contributed by atoms with van der Waals surface area (Å²) in [6, 6.07) is 26.6. The standard InChI is InChI=1S/C26H23NO3/c1-30-22-17-15-20(16-18-22)24-23(14-8-11-19-9-4-2-5-10-19)25(28)26(29)27(24)21-12-6-3-7-13-21/h2-13,15-18,24,28H,14H2,1H3. The number of hydrogen-bond donors (Lipinski definition) is 1. The first-order chi connectivity index (χ1) is 14.7. The van der Waals surface area contributed by atoms with Crippen LogP contribution in [0.4, 0.5) is 5.69 Å². The van der Waals surface area contributed by atoms with Crippen molar-refractivity contribution in [3.63, 3.8) is 0 Å². The van der Waals surface area contributed by atoms with Crippen molar-refractivity contribution in [1.82, 2.24) is 0 Å². The van der Waals surface area contributed by atoms with Crippen LogP contribution in [0.1, 0.15) is 23.6 Å². The van der Waals surface area contributed by atoms with E-state index in [-0.39, 0.29) is 17.7 Å². The van der Waals surface area contributed by atoms with E-state index in [1.54, 1.807) is 12.0 Å². The van der Waals surface area contributed by atoms with Gasteiger partial charge in [-0.05, 0) is 41.8 Å². The van der Waals surface area contributed by atoms with Gasteiger partial charge >= 0.3 is 0 Å². The number of rotatable bonds is 6.